The number of rotatable bonds is 4. The zero-order valence-corrected chi connectivity index (χ0v) is 14.8. The fourth-order valence-electron chi connectivity index (χ4n) is 3.82. The Balaban J connectivity index is 1.56. The fraction of sp³-hybridized carbons (Fsp3) is 0.400. The smallest absolute Gasteiger partial charge is 0.257 e. The third-order valence-corrected chi connectivity index (χ3v) is 5.24. The van der Waals surface area contributed by atoms with Crippen molar-refractivity contribution in [2.45, 2.75) is 6.42 Å². The number of aliphatic hydroxyl groups is 1. The van der Waals surface area contributed by atoms with E-state index < -0.39 is 0 Å². The zero-order chi connectivity index (χ0) is 17.9. The Morgan fingerprint density at radius 3 is 2.65 bits per heavy atom. The van der Waals surface area contributed by atoms with Gasteiger partial charge in [0.25, 0.3) is 5.91 Å². The third-order valence-electron chi connectivity index (χ3n) is 5.24. The fourth-order valence-corrected chi connectivity index (χ4v) is 3.82. The molecule has 2 aliphatic heterocycles. The van der Waals surface area contributed by atoms with Crippen molar-refractivity contribution in [2.24, 2.45) is 0 Å². The van der Waals surface area contributed by atoms with Crippen LogP contribution >= 0.6 is 0 Å². The van der Waals surface area contributed by atoms with Crippen LogP contribution in [0.15, 0.2) is 42.6 Å². The number of pyridine rings is 1. The minimum atomic E-state index is 0.0427. The minimum absolute atomic E-state index is 0.0427. The highest BCUT2D eigenvalue weighted by atomic mass is 16.3. The summed E-state index contributed by atoms with van der Waals surface area (Å²) in [5, 5.41) is 9.07. The van der Waals surface area contributed by atoms with Gasteiger partial charge in [-0.25, -0.2) is 4.98 Å². The second kappa shape index (κ2) is 7.43. The van der Waals surface area contributed by atoms with Gasteiger partial charge in [0, 0.05) is 51.2 Å². The van der Waals surface area contributed by atoms with Crippen LogP contribution in [0.2, 0.25) is 0 Å². The van der Waals surface area contributed by atoms with Crippen LogP contribution in [-0.2, 0) is 6.42 Å². The number of β-amino-alcohol motifs (C(OH)–C–C–N with tert-alkyl or cyclic N) is 1. The first-order valence-corrected chi connectivity index (χ1v) is 9.21. The van der Waals surface area contributed by atoms with E-state index in [1.807, 2.05) is 23.1 Å². The van der Waals surface area contributed by atoms with Gasteiger partial charge in [-0.2, -0.15) is 0 Å². The van der Waals surface area contributed by atoms with Gasteiger partial charge in [0.05, 0.1) is 12.2 Å². The summed E-state index contributed by atoms with van der Waals surface area (Å²) in [6.45, 7) is 4.65. The molecule has 1 saturated heterocycles. The Morgan fingerprint density at radius 1 is 1.04 bits per heavy atom. The average molecular weight is 352 g/mol. The molecule has 0 bridgehead atoms. The summed E-state index contributed by atoms with van der Waals surface area (Å²) < 4.78 is 0. The number of hydrogen-bond acceptors (Lipinski definition) is 5. The monoisotopic (exact) mass is 352 g/mol. The molecule has 0 saturated carbocycles. The number of anilines is 2. The highest BCUT2D eigenvalue weighted by Gasteiger charge is 2.28. The van der Waals surface area contributed by atoms with E-state index in [2.05, 4.69) is 33.0 Å². The number of nitrogens with zero attached hydrogens (tertiary/aromatic N) is 4. The summed E-state index contributed by atoms with van der Waals surface area (Å²) in [5.74, 6) is 0.793. The summed E-state index contributed by atoms with van der Waals surface area (Å²) in [6, 6.07) is 12.0. The first-order valence-electron chi connectivity index (χ1n) is 9.21. The Bertz CT molecular complexity index is 787. The van der Waals surface area contributed by atoms with Crippen molar-refractivity contribution in [1.82, 2.24) is 14.8 Å². The molecule has 1 aromatic heterocycles. The number of piperazine rings is 1. The molecule has 1 fully saturated rings. The first kappa shape index (κ1) is 17.0. The first-order chi connectivity index (χ1) is 12.8. The van der Waals surface area contributed by atoms with Crippen LogP contribution in [0.1, 0.15) is 15.9 Å². The molecule has 0 radical (unpaired) electrons. The summed E-state index contributed by atoms with van der Waals surface area (Å²) in [7, 11) is 0. The molecular weight excluding hydrogens is 328 g/mol. The van der Waals surface area contributed by atoms with E-state index in [4.69, 9.17) is 5.11 Å². The SMILES string of the molecule is O=C(c1cccnc1N1CCc2ccccc21)N1CCN(CCO)CC1. The molecule has 2 aliphatic rings. The lowest BCUT2D eigenvalue weighted by Crippen LogP contribution is -2.49. The van der Waals surface area contributed by atoms with Crippen molar-refractivity contribution in [3.63, 3.8) is 0 Å². The molecule has 0 unspecified atom stereocenters. The van der Waals surface area contributed by atoms with E-state index in [1.165, 1.54) is 5.56 Å². The van der Waals surface area contributed by atoms with Crippen LogP contribution in [0.3, 0.4) is 0 Å². The summed E-state index contributed by atoms with van der Waals surface area (Å²) in [4.78, 5) is 23.9. The Kier molecular flexibility index (Phi) is 4.86. The number of aromatic nitrogens is 1. The normalized spacial score (nSPS) is 17.4. The Morgan fingerprint density at radius 2 is 1.85 bits per heavy atom. The molecule has 3 heterocycles. The van der Waals surface area contributed by atoms with Crippen LogP contribution in [0.25, 0.3) is 0 Å². The van der Waals surface area contributed by atoms with E-state index in [0.717, 1.165) is 37.6 Å². The Hall–Kier alpha value is -2.44. The van der Waals surface area contributed by atoms with Gasteiger partial charge in [0.1, 0.15) is 5.82 Å². The largest absolute Gasteiger partial charge is 0.395 e. The van der Waals surface area contributed by atoms with Crippen molar-refractivity contribution < 1.29 is 9.90 Å². The van der Waals surface area contributed by atoms with Gasteiger partial charge in [-0.05, 0) is 30.2 Å². The van der Waals surface area contributed by atoms with Crippen LogP contribution in [-0.4, -0.2) is 71.7 Å². The zero-order valence-electron chi connectivity index (χ0n) is 14.8. The van der Waals surface area contributed by atoms with Crippen molar-refractivity contribution in [1.29, 1.82) is 0 Å². The second-order valence-corrected chi connectivity index (χ2v) is 6.76. The van der Waals surface area contributed by atoms with Crippen molar-refractivity contribution >= 4 is 17.4 Å². The molecule has 0 spiro atoms. The number of benzene rings is 1. The summed E-state index contributed by atoms with van der Waals surface area (Å²) in [6.07, 6.45) is 2.73. The molecule has 0 aliphatic carbocycles. The molecule has 1 aromatic carbocycles. The number of para-hydroxylation sites is 1. The molecule has 136 valence electrons. The number of hydrogen-bond donors (Lipinski definition) is 1. The Labute approximate surface area is 153 Å². The quantitative estimate of drug-likeness (QED) is 0.904. The number of fused-ring (bicyclic) bond motifs is 1. The number of aliphatic hydroxyl groups excluding tert-OH is 1. The van der Waals surface area contributed by atoms with Gasteiger partial charge in [-0.3, -0.25) is 9.69 Å². The number of carbonyl (C=O) groups excluding carboxylic acids is 1. The van der Waals surface area contributed by atoms with Gasteiger partial charge >= 0.3 is 0 Å². The van der Waals surface area contributed by atoms with Crippen molar-refractivity contribution in [2.75, 3.05) is 50.8 Å². The van der Waals surface area contributed by atoms with E-state index >= 15 is 0 Å². The lowest BCUT2D eigenvalue weighted by Gasteiger charge is -2.35. The van der Waals surface area contributed by atoms with Gasteiger partial charge in [0.2, 0.25) is 0 Å². The predicted octanol–water partition coefficient (Wildman–Crippen LogP) is 1.53. The molecule has 0 atom stereocenters. The van der Waals surface area contributed by atoms with Crippen LogP contribution in [0, 0.1) is 0 Å². The maximum Gasteiger partial charge on any atom is 0.257 e. The topological polar surface area (TPSA) is 59.9 Å². The second-order valence-electron chi connectivity index (χ2n) is 6.76. The van der Waals surface area contributed by atoms with Gasteiger partial charge in [-0.15, -0.1) is 0 Å². The number of carbonyl (C=O) groups is 1. The van der Waals surface area contributed by atoms with Crippen molar-refractivity contribution in [3.8, 4) is 0 Å². The van der Waals surface area contributed by atoms with Gasteiger partial charge < -0.3 is 14.9 Å². The van der Waals surface area contributed by atoms with E-state index in [0.29, 0.717) is 25.2 Å². The van der Waals surface area contributed by atoms with Crippen LogP contribution in [0.5, 0.6) is 0 Å². The third kappa shape index (κ3) is 3.18. The average Bonchev–Trinajstić information content (AvgIpc) is 3.12. The molecule has 6 nitrogen and oxygen atoms in total. The maximum absolute atomic E-state index is 13.1. The van der Waals surface area contributed by atoms with E-state index in [-0.39, 0.29) is 12.5 Å². The summed E-state index contributed by atoms with van der Waals surface area (Å²) >= 11 is 0. The van der Waals surface area contributed by atoms with Crippen molar-refractivity contribution in [3.05, 3.63) is 53.7 Å². The highest BCUT2D eigenvalue weighted by Crippen LogP contribution is 2.35. The molecule has 1 N–H and O–H groups in total. The van der Waals surface area contributed by atoms with Gasteiger partial charge in [-0.1, -0.05) is 18.2 Å². The standard InChI is InChI=1S/C20H24N4O2/c25-15-14-22-10-12-23(13-11-22)20(26)17-5-3-8-21-19(17)24-9-7-16-4-1-2-6-18(16)24/h1-6,8,25H,7,9-15H2. The predicted molar refractivity (Wildman–Crippen MR) is 101 cm³/mol. The lowest BCUT2D eigenvalue weighted by atomic mass is 10.1. The molecule has 6 heteroatoms. The highest BCUT2D eigenvalue weighted by molar-refractivity contribution is 6.00. The minimum Gasteiger partial charge on any atom is -0.395 e. The lowest BCUT2D eigenvalue weighted by molar-refractivity contribution is 0.0615. The van der Waals surface area contributed by atoms with Crippen LogP contribution < -0.4 is 4.90 Å². The maximum atomic E-state index is 13.1. The summed E-state index contributed by atoms with van der Waals surface area (Å²) in [5.41, 5.74) is 3.11. The molecular formula is C20H24N4O2. The number of amides is 1. The van der Waals surface area contributed by atoms with E-state index in [1.54, 1.807) is 6.20 Å². The molecule has 1 amide bonds. The van der Waals surface area contributed by atoms with E-state index in [9.17, 15) is 4.79 Å². The van der Waals surface area contributed by atoms with Crippen LogP contribution in [0.4, 0.5) is 11.5 Å². The molecule has 26 heavy (non-hydrogen) atoms. The molecule has 4 rings (SSSR count). The molecule has 2 aromatic rings. The van der Waals surface area contributed by atoms with Gasteiger partial charge in [0.15, 0.2) is 0 Å².